The first-order valence-electron chi connectivity index (χ1n) is 8.73. The molecule has 0 aliphatic carbocycles. The molecule has 142 valence electrons. The van der Waals surface area contributed by atoms with Crippen LogP contribution in [-0.2, 0) is 0 Å². The summed E-state index contributed by atoms with van der Waals surface area (Å²) in [4.78, 5) is 6.98. The Bertz CT molecular complexity index is 560. The molecule has 4 nitrogen and oxygen atoms in total. The molecule has 0 aromatic heterocycles. The third-order valence-electron chi connectivity index (χ3n) is 4.77. The molecule has 0 spiro atoms. The highest BCUT2D eigenvalue weighted by atomic mass is 127. The van der Waals surface area contributed by atoms with Crippen molar-refractivity contribution >= 4 is 53.1 Å². The van der Waals surface area contributed by atoms with Gasteiger partial charge in [-0.2, -0.15) is 0 Å². The summed E-state index contributed by atoms with van der Waals surface area (Å²) in [6.07, 6.45) is 3.65. The van der Waals surface area contributed by atoms with Crippen molar-refractivity contribution in [1.29, 1.82) is 0 Å². The van der Waals surface area contributed by atoms with E-state index in [9.17, 15) is 0 Å². The first kappa shape index (κ1) is 22.8. The van der Waals surface area contributed by atoms with Crippen LogP contribution in [0.15, 0.2) is 23.2 Å². The number of nitrogens with zero attached hydrogens (tertiary/aromatic N) is 2. The van der Waals surface area contributed by atoms with Crippen LogP contribution in [-0.4, -0.2) is 37.0 Å². The summed E-state index contributed by atoms with van der Waals surface area (Å²) in [5.74, 6) is 1.24. The maximum absolute atomic E-state index is 6.23. The van der Waals surface area contributed by atoms with Crippen molar-refractivity contribution in [1.82, 2.24) is 10.2 Å². The van der Waals surface area contributed by atoms with Crippen molar-refractivity contribution in [3.63, 3.8) is 0 Å². The summed E-state index contributed by atoms with van der Waals surface area (Å²) >= 11 is 12.2. The molecule has 1 atom stereocenters. The van der Waals surface area contributed by atoms with E-state index in [1.807, 2.05) is 19.1 Å². The van der Waals surface area contributed by atoms with Gasteiger partial charge in [0.05, 0.1) is 6.04 Å². The molecule has 1 aromatic rings. The molecule has 0 radical (unpaired) electrons. The average Bonchev–Trinajstić information content (AvgIpc) is 2.55. The van der Waals surface area contributed by atoms with Gasteiger partial charge in [0.15, 0.2) is 5.96 Å². The fourth-order valence-corrected chi connectivity index (χ4v) is 3.73. The van der Waals surface area contributed by atoms with Gasteiger partial charge in [0.2, 0.25) is 0 Å². The number of guanidine groups is 1. The maximum atomic E-state index is 6.23. The van der Waals surface area contributed by atoms with Gasteiger partial charge in [-0.1, -0.05) is 36.2 Å². The van der Waals surface area contributed by atoms with E-state index in [1.54, 1.807) is 6.07 Å². The molecule has 7 heteroatoms. The number of benzene rings is 1. The largest absolute Gasteiger partial charge is 0.370 e. The molecule has 1 aromatic carbocycles. The van der Waals surface area contributed by atoms with Crippen molar-refractivity contribution in [2.45, 2.75) is 39.2 Å². The Hall–Kier alpha value is -0.240. The molecule has 0 bridgehead atoms. The smallest absolute Gasteiger partial charge is 0.189 e. The highest BCUT2D eigenvalue weighted by Gasteiger charge is 2.17. The minimum Gasteiger partial charge on any atom is -0.370 e. The molecule has 1 aliphatic rings. The summed E-state index contributed by atoms with van der Waals surface area (Å²) in [6, 6.07) is 5.48. The second-order valence-corrected chi connectivity index (χ2v) is 7.31. The van der Waals surface area contributed by atoms with Gasteiger partial charge >= 0.3 is 0 Å². The molecule has 1 heterocycles. The predicted molar refractivity (Wildman–Crippen MR) is 119 cm³/mol. The molecular formula is C18H29Cl2IN4. The van der Waals surface area contributed by atoms with Gasteiger partial charge in [-0.3, -0.25) is 4.99 Å². The third kappa shape index (κ3) is 7.49. The number of likely N-dealkylation sites (tertiary alicyclic amines) is 1. The molecule has 3 N–H and O–H groups in total. The van der Waals surface area contributed by atoms with E-state index in [1.165, 1.54) is 25.9 Å². The fraction of sp³-hybridized carbons (Fsp3) is 0.611. The van der Waals surface area contributed by atoms with E-state index >= 15 is 0 Å². The van der Waals surface area contributed by atoms with Crippen molar-refractivity contribution in [2.75, 3.05) is 26.2 Å². The Morgan fingerprint density at radius 2 is 2.04 bits per heavy atom. The van der Waals surface area contributed by atoms with Crippen molar-refractivity contribution in [3.05, 3.63) is 33.8 Å². The number of piperidine rings is 1. The van der Waals surface area contributed by atoms with Gasteiger partial charge in [0, 0.05) is 16.6 Å². The molecule has 1 unspecified atom stereocenters. The van der Waals surface area contributed by atoms with Gasteiger partial charge in [-0.05, 0) is 69.4 Å². The number of hydrogen-bond donors (Lipinski definition) is 2. The topological polar surface area (TPSA) is 53.6 Å². The molecule has 25 heavy (non-hydrogen) atoms. The van der Waals surface area contributed by atoms with Crippen LogP contribution < -0.4 is 11.1 Å². The van der Waals surface area contributed by atoms with Crippen molar-refractivity contribution in [3.8, 4) is 0 Å². The van der Waals surface area contributed by atoms with E-state index < -0.39 is 0 Å². The van der Waals surface area contributed by atoms with Crippen molar-refractivity contribution in [2.24, 2.45) is 16.6 Å². The second-order valence-electron chi connectivity index (χ2n) is 6.47. The van der Waals surface area contributed by atoms with Crippen LogP contribution in [0.1, 0.15) is 44.7 Å². The average molecular weight is 499 g/mol. The highest BCUT2D eigenvalue weighted by molar-refractivity contribution is 14.0. The lowest BCUT2D eigenvalue weighted by molar-refractivity contribution is 0.188. The molecule has 1 saturated heterocycles. The molecule has 0 amide bonds. The van der Waals surface area contributed by atoms with Gasteiger partial charge in [-0.25, -0.2) is 0 Å². The predicted octanol–water partition coefficient (Wildman–Crippen LogP) is 4.70. The third-order valence-corrected chi connectivity index (χ3v) is 5.33. The van der Waals surface area contributed by atoms with Gasteiger partial charge in [-0.15, -0.1) is 24.0 Å². The summed E-state index contributed by atoms with van der Waals surface area (Å²) in [6.45, 7) is 8.60. The number of aliphatic imine (C=N–C) groups is 1. The molecule has 0 saturated carbocycles. The van der Waals surface area contributed by atoms with E-state index in [-0.39, 0.29) is 30.0 Å². The van der Waals surface area contributed by atoms with Crippen LogP contribution in [0.5, 0.6) is 0 Å². The Morgan fingerprint density at radius 1 is 1.36 bits per heavy atom. The van der Waals surface area contributed by atoms with Gasteiger partial charge in [0.1, 0.15) is 0 Å². The minimum absolute atomic E-state index is 0. The number of halogens is 3. The first-order chi connectivity index (χ1) is 11.5. The van der Waals surface area contributed by atoms with Crippen LogP contribution in [0.2, 0.25) is 10.0 Å². The van der Waals surface area contributed by atoms with Crippen LogP contribution in [0.25, 0.3) is 0 Å². The Morgan fingerprint density at radius 3 is 2.64 bits per heavy atom. The lowest BCUT2D eigenvalue weighted by Crippen LogP contribution is -2.35. The standard InChI is InChI=1S/C18H28Cl2N4.HI/c1-3-24-10-7-14(8-11-24)6-9-22-18(21)23-13(2)16-5-4-15(19)12-17(16)20;/h4-5,12-14H,3,6-11H2,1-2H3,(H3,21,22,23);1H. The SMILES string of the molecule is CCN1CCC(CCN=C(N)NC(C)c2ccc(Cl)cc2Cl)CC1.I. The molecule has 2 rings (SSSR count). The lowest BCUT2D eigenvalue weighted by atomic mass is 9.94. The van der Waals surface area contributed by atoms with Gasteiger partial charge in [0.25, 0.3) is 0 Å². The Kier molecular flexibility index (Phi) is 10.5. The number of nitrogens with two attached hydrogens (primary N) is 1. The quantitative estimate of drug-likeness (QED) is 0.339. The summed E-state index contributed by atoms with van der Waals surface area (Å²) in [7, 11) is 0. The zero-order valence-corrected chi connectivity index (χ0v) is 18.8. The Labute approximate surface area is 178 Å². The van der Waals surface area contributed by atoms with Gasteiger partial charge < -0.3 is 16.0 Å². The summed E-state index contributed by atoms with van der Waals surface area (Å²) in [5, 5.41) is 4.47. The molecule has 1 fully saturated rings. The van der Waals surface area contributed by atoms with E-state index in [4.69, 9.17) is 28.9 Å². The second kappa shape index (κ2) is 11.5. The molecular weight excluding hydrogens is 470 g/mol. The highest BCUT2D eigenvalue weighted by Crippen LogP contribution is 2.26. The normalized spacial score (nSPS) is 17.8. The van der Waals surface area contributed by atoms with E-state index in [0.29, 0.717) is 16.0 Å². The zero-order valence-electron chi connectivity index (χ0n) is 15.0. The molecule has 1 aliphatic heterocycles. The number of nitrogens with one attached hydrogen (secondary N) is 1. The summed E-state index contributed by atoms with van der Waals surface area (Å²) < 4.78 is 0. The lowest BCUT2D eigenvalue weighted by Gasteiger charge is -2.30. The number of rotatable bonds is 6. The monoisotopic (exact) mass is 498 g/mol. The van der Waals surface area contributed by atoms with E-state index in [0.717, 1.165) is 31.0 Å². The number of hydrogen-bond acceptors (Lipinski definition) is 2. The summed E-state index contributed by atoms with van der Waals surface area (Å²) in [5.41, 5.74) is 6.98. The van der Waals surface area contributed by atoms with Crippen LogP contribution in [0, 0.1) is 5.92 Å². The first-order valence-corrected chi connectivity index (χ1v) is 9.49. The Balaban J connectivity index is 0.00000312. The fourth-order valence-electron chi connectivity index (χ4n) is 3.16. The zero-order chi connectivity index (χ0) is 17.5. The van der Waals surface area contributed by atoms with Crippen LogP contribution in [0.3, 0.4) is 0 Å². The maximum Gasteiger partial charge on any atom is 0.189 e. The van der Waals surface area contributed by atoms with Crippen molar-refractivity contribution < 1.29 is 0 Å². The van der Waals surface area contributed by atoms with E-state index in [2.05, 4.69) is 22.1 Å². The minimum atomic E-state index is -0.00805. The van der Waals surface area contributed by atoms with Crippen LogP contribution in [0.4, 0.5) is 0 Å². The van der Waals surface area contributed by atoms with Crippen LogP contribution >= 0.6 is 47.2 Å².